The third-order valence-electron chi connectivity index (χ3n) is 5.28. The topological polar surface area (TPSA) is 97.4 Å². The van der Waals surface area contributed by atoms with Crippen LogP contribution in [0, 0.1) is 13.8 Å². The first kappa shape index (κ1) is 25.1. The Morgan fingerprint density at radius 3 is 2.57 bits per heavy atom. The molecule has 0 radical (unpaired) electrons. The molecule has 8 nitrogen and oxygen atoms in total. The Balaban J connectivity index is 1.20. The molecule has 0 spiro atoms. The summed E-state index contributed by atoms with van der Waals surface area (Å²) in [6, 6.07) is 14.5. The van der Waals surface area contributed by atoms with Gasteiger partial charge in [0.05, 0.1) is 0 Å². The minimum Gasteiger partial charge on any atom is -0.457 e. The van der Waals surface area contributed by atoms with E-state index in [9.17, 15) is 4.79 Å². The van der Waals surface area contributed by atoms with Crippen LogP contribution in [0.2, 0.25) is 10.0 Å². The van der Waals surface area contributed by atoms with Crippen LogP contribution < -0.4 is 10.6 Å². The number of nitrogens with zero attached hydrogens (tertiary/aromatic N) is 4. The molecule has 1 amide bonds. The second kappa shape index (κ2) is 10.4. The molecule has 37 heavy (non-hydrogen) atoms. The van der Waals surface area contributed by atoms with Crippen molar-refractivity contribution < 1.29 is 9.21 Å². The molecule has 0 saturated carbocycles. The quantitative estimate of drug-likeness (QED) is 0.183. The van der Waals surface area contributed by atoms with Crippen LogP contribution in [0.5, 0.6) is 0 Å². The van der Waals surface area contributed by atoms with Crippen LogP contribution >= 0.6 is 46.8 Å². The van der Waals surface area contributed by atoms with Gasteiger partial charge in [-0.25, -0.2) is 0 Å². The van der Waals surface area contributed by atoms with E-state index in [1.165, 1.54) is 17.4 Å². The van der Waals surface area contributed by atoms with Crippen molar-refractivity contribution in [2.75, 3.05) is 5.32 Å². The molecule has 12 heteroatoms. The highest BCUT2D eigenvalue weighted by molar-refractivity contribution is 7.80. The fourth-order valence-corrected chi connectivity index (χ4v) is 5.14. The van der Waals surface area contributed by atoms with Gasteiger partial charge in [-0.2, -0.15) is 9.61 Å². The molecule has 186 valence electrons. The fraction of sp³-hybridized carbons (Fsp3) is 0.0800. The molecular formula is C25H18Cl2N6O2S2. The monoisotopic (exact) mass is 568 g/mol. The average molecular weight is 569 g/mol. The smallest absolute Gasteiger partial charge is 0.250 e. The predicted molar refractivity (Wildman–Crippen MR) is 151 cm³/mol. The third-order valence-corrected chi connectivity index (χ3v) is 6.87. The van der Waals surface area contributed by atoms with Crippen molar-refractivity contribution in [3.8, 4) is 21.9 Å². The SMILES string of the molecule is Cc1cc(-c2nn3c(C)nnc3s2)ccc1NC(=S)NC(=O)/C=C/c1ccc(-c2cc(Cl)cc(Cl)c2)o1. The largest absolute Gasteiger partial charge is 0.457 e. The zero-order valence-corrected chi connectivity index (χ0v) is 22.6. The number of carbonyl (C=O) groups is 1. The van der Waals surface area contributed by atoms with Gasteiger partial charge in [-0.3, -0.25) is 10.1 Å². The van der Waals surface area contributed by atoms with Crippen molar-refractivity contribution in [3.63, 3.8) is 0 Å². The van der Waals surface area contributed by atoms with E-state index in [-0.39, 0.29) is 5.11 Å². The van der Waals surface area contributed by atoms with Crippen molar-refractivity contribution in [1.29, 1.82) is 0 Å². The number of benzene rings is 2. The summed E-state index contributed by atoms with van der Waals surface area (Å²) in [7, 11) is 0. The van der Waals surface area contributed by atoms with Gasteiger partial charge in [0.2, 0.25) is 10.9 Å². The van der Waals surface area contributed by atoms with Crippen molar-refractivity contribution in [1.82, 2.24) is 25.1 Å². The van der Waals surface area contributed by atoms with E-state index in [0.29, 0.717) is 21.6 Å². The summed E-state index contributed by atoms with van der Waals surface area (Å²) < 4.78 is 7.49. The van der Waals surface area contributed by atoms with Gasteiger partial charge in [0.25, 0.3) is 0 Å². The maximum Gasteiger partial charge on any atom is 0.250 e. The first-order valence-corrected chi connectivity index (χ1v) is 12.9. The van der Waals surface area contributed by atoms with Gasteiger partial charge in [0.15, 0.2) is 10.9 Å². The molecule has 2 aromatic carbocycles. The van der Waals surface area contributed by atoms with Gasteiger partial charge in [-0.15, -0.1) is 10.2 Å². The zero-order chi connectivity index (χ0) is 26.1. The predicted octanol–water partition coefficient (Wildman–Crippen LogP) is 6.56. The second-order valence-electron chi connectivity index (χ2n) is 8.02. The minimum absolute atomic E-state index is 0.175. The lowest BCUT2D eigenvalue weighted by atomic mass is 10.1. The molecule has 0 aliphatic heterocycles. The summed E-state index contributed by atoms with van der Waals surface area (Å²) in [5.41, 5.74) is 3.41. The Kier molecular flexibility index (Phi) is 7.07. The average Bonchev–Trinajstić information content (AvgIpc) is 3.56. The Morgan fingerprint density at radius 2 is 1.84 bits per heavy atom. The lowest BCUT2D eigenvalue weighted by Gasteiger charge is -2.11. The minimum atomic E-state index is -0.398. The molecule has 0 aliphatic carbocycles. The summed E-state index contributed by atoms with van der Waals surface area (Å²) in [6.07, 6.45) is 2.89. The van der Waals surface area contributed by atoms with E-state index in [0.717, 1.165) is 38.2 Å². The zero-order valence-electron chi connectivity index (χ0n) is 19.5. The van der Waals surface area contributed by atoms with Crippen molar-refractivity contribution in [3.05, 3.63) is 81.8 Å². The first-order valence-electron chi connectivity index (χ1n) is 10.9. The van der Waals surface area contributed by atoms with Crippen molar-refractivity contribution in [2.45, 2.75) is 13.8 Å². The number of rotatable bonds is 5. The number of fused-ring (bicyclic) bond motifs is 1. The summed E-state index contributed by atoms with van der Waals surface area (Å²) in [4.78, 5) is 13.1. The van der Waals surface area contributed by atoms with Crippen LogP contribution in [0.15, 0.2) is 59.0 Å². The number of furan rings is 1. The van der Waals surface area contributed by atoms with Gasteiger partial charge in [0.1, 0.15) is 16.5 Å². The second-order valence-corrected chi connectivity index (χ2v) is 10.3. The number of hydrogen-bond acceptors (Lipinski definition) is 7. The Morgan fingerprint density at radius 1 is 1.05 bits per heavy atom. The van der Waals surface area contributed by atoms with Gasteiger partial charge in [0, 0.05) is 32.9 Å². The normalized spacial score (nSPS) is 11.4. The van der Waals surface area contributed by atoms with Crippen LogP contribution in [-0.2, 0) is 4.79 Å². The highest BCUT2D eigenvalue weighted by Gasteiger charge is 2.12. The summed E-state index contributed by atoms with van der Waals surface area (Å²) >= 11 is 18.9. The van der Waals surface area contributed by atoms with Crippen molar-refractivity contribution in [2.24, 2.45) is 0 Å². The fourth-order valence-electron chi connectivity index (χ4n) is 3.53. The molecule has 5 rings (SSSR count). The number of thiocarbonyl (C=S) groups is 1. The Bertz CT molecular complexity index is 1670. The number of carbonyl (C=O) groups excluding carboxylic acids is 1. The van der Waals surface area contributed by atoms with Crippen LogP contribution in [0.4, 0.5) is 5.69 Å². The number of aryl methyl sites for hydroxylation is 2. The highest BCUT2D eigenvalue weighted by Crippen LogP contribution is 2.30. The first-order chi connectivity index (χ1) is 17.7. The molecule has 5 aromatic rings. The molecule has 0 bridgehead atoms. The number of amides is 1. The number of halogens is 2. The van der Waals surface area contributed by atoms with Crippen molar-refractivity contribution >= 4 is 74.5 Å². The molecule has 0 fully saturated rings. The van der Waals surface area contributed by atoms with E-state index < -0.39 is 5.91 Å². The molecule has 0 unspecified atom stereocenters. The van der Waals surface area contributed by atoms with Crippen LogP contribution in [0.3, 0.4) is 0 Å². The third kappa shape index (κ3) is 5.72. The lowest BCUT2D eigenvalue weighted by Crippen LogP contribution is -2.33. The lowest BCUT2D eigenvalue weighted by molar-refractivity contribution is -0.115. The van der Waals surface area contributed by atoms with Gasteiger partial charge >= 0.3 is 0 Å². The van der Waals surface area contributed by atoms with Gasteiger partial charge in [-0.05, 0) is 86.2 Å². The number of anilines is 1. The van der Waals surface area contributed by atoms with E-state index >= 15 is 0 Å². The van der Waals surface area contributed by atoms with Crippen LogP contribution in [0.25, 0.3) is 32.9 Å². The Labute approximate surface area is 230 Å². The number of hydrogen-bond donors (Lipinski definition) is 2. The van der Waals surface area contributed by atoms with Gasteiger partial charge < -0.3 is 9.73 Å². The van der Waals surface area contributed by atoms with E-state index in [1.807, 2.05) is 32.0 Å². The summed E-state index contributed by atoms with van der Waals surface area (Å²) in [6.45, 7) is 3.80. The maximum absolute atomic E-state index is 12.4. The Hall–Kier alpha value is -3.57. The highest BCUT2D eigenvalue weighted by atomic mass is 35.5. The molecule has 0 aliphatic rings. The molecule has 2 N–H and O–H groups in total. The van der Waals surface area contributed by atoms with E-state index in [1.54, 1.807) is 40.9 Å². The maximum atomic E-state index is 12.4. The van der Waals surface area contributed by atoms with E-state index in [4.69, 9.17) is 39.8 Å². The summed E-state index contributed by atoms with van der Waals surface area (Å²) in [5, 5.41) is 20.4. The molecule has 3 heterocycles. The van der Waals surface area contributed by atoms with Gasteiger partial charge in [-0.1, -0.05) is 34.5 Å². The molecular weight excluding hydrogens is 551 g/mol. The molecule has 3 aromatic heterocycles. The molecule has 0 saturated heterocycles. The van der Waals surface area contributed by atoms with Crippen LogP contribution in [-0.4, -0.2) is 30.8 Å². The van der Waals surface area contributed by atoms with Crippen LogP contribution in [0.1, 0.15) is 17.1 Å². The number of nitrogens with one attached hydrogen (secondary N) is 2. The summed E-state index contributed by atoms with van der Waals surface area (Å²) in [5.74, 6) is 1.41. The standard InChI is InChI=1S/C25H18Cl2N6O2S2/c1-13-9-15(23-32-33-14(2)30-31-25(33)37-23)3-6-20(13)28-24(36)29-22(34)8-5-19-4-7-21(35-19)16-10-17(26)12-18(27)11-16/h3-12H,1-2H3,(H2,28,29,34,36)/b8-5+. The molecule has 0 atom stereocenters. The van der Waals surface area contributed by atoms with E-state index in [2.05, 4.69) is 25.9 Å². The number of aromatic nitrogens is 4.